The molecule has 0 N–H and O–H groups in total. The zero-order valence-corrected chi connectivity index (χ0v) is 15.8. The second-order valence-electron chi connectivity index (χ2n) is 6.14. The predicted octanol–water partition coefficient (Wildman–Crippen LogP) is 7.44. The van der Waals surface area contributed by atoms with Crippen LogP contribution in [-0.4, -0.2) is 0 Å². The summed E-state index contributed by atoms with van der Waals surface area (Å²) in [6.07, 6.45) is 11.3. The third kappa shape index (κ3) is 5.57. The van der Waals surface area contributed by atoms with Crippen LogP contribution >= 0.6 is 19.2 Å². The largest absolute Gasteiger partial charge is 0.0991 e. The van der Waals surface area contributed by atoms with Crippen molar-refractivity contribution >= 4 is 19.2 Å². The second kappa shape index (κ2) is 10.6. The molecule has 1 aromatic carbocycles. The molecule has 0 aromatic heterocycles. The summed E-state index contributed by atoms with van der Waals surface area (Å²) in [6.45, 7) is 6.84. The van der Waals surface area contributed by atoms with Crippen LogP contribution in [-0.2, 0) is 11.6 Å². The van der Waals surface area contributed by atoms with E-state index in [9.17, 15) is 0 Å². The molecule has 0 spiro atoms. The molecule has 0 heterocycles. The average Bonchev–Trinajstić information content (AvgIpc) is 2.54. The maximum absolute atomic E-state index is 6.56. The van der Waals surface area contributed by atoms with E-state index in [-0.39, 0.29) is 5.16 Å². The minimum absolute atomic E-state index is 0.220. The average molecular weight is 327 g/mol. The molecule has 120 valence electrons. The Kier molecular flexibility index (Phi) is 9.61. The smallest absolute Gasteiger partial charge is 0.0268 e. The van der Waals surface area contributed by atoms with Gasteiger partial charge in [0.15, 0.2) is 0 Å². The fourth-order valence-corrected chi connectivity index (χ4v) is 4.83. The Labute approximate surface area is 138 Å². The fraction of sp³-hybridized carbons (Fsp3) is 0.684. The van der Waals surface area contributed by atoms with Gasteiger partial charge in [0.25, 0.3) is 0 Å². The quantitative estimate of drug-likeness (QED) is 0.371. The van der Waals surface area contributed by atoms with E-state index < -0.39 is 0 Å². The van der Waals surface area contributed by atoms with Crippen LogP contribution in [0.2, 0.25) is 0 Å². The number of unbranched alkanes of at least 4 members (excludes halogenated alkanes) is 3. The highest BCUT2D eigenvalue weighted by Gasteiger charge is 2.32. The Hall–Kier alpha value is -0.0600. The molecule has 0 aliphatic heterocycles. The molecular weight excluding hydrogens is 295 g/mol. The van der Waals surface area contributed by atoms with E-state index in [1.165, 1.54) is 57.8 Å². The van der Waals surface area contributed by atoms with Gasteiger partial charge in [-0.1, -0.05) is 88.4 Å². The van der Waals surface area contributed by atoms with Gasteiger partial charge in [0.2, 0.25) is 0 Å². The van der Waals surface area contributed by atoms with Gasteiger partial charge in [-0.15, -0.1) is 0 Å². The Balaban J connectivity index is 3.10. The molecule has 2 heteroatoms. The Morgan fingerprint density at radius 2 is 1.48 bits per heavy atom. The van der Waals surface area contributed by atoms with Crippen molar-refractivity contribution in [3.8, 4) is 0 Å². The van der Waals surface area contributed by atoms with Crippen LogP contribution < -0.4 is 0 Å². The molecule has 0 fully saturated rings. The van der Waals surface area contributed by atoms with Crippen molar-refractivity contribution in [2.24, 2.45) is 0 Å². The summed E-state index contributed by atoms with van der Waals surface area (Å²) >= 11 is 6.56. The van der Waals surface area contributed by atoms with Gasteiger partial charge in [-0.3, -0.25) is 0 Å². The first-order valence-corrected chi connectivity index (χ1v) is 10.7. The van der Waals surface area contributed by atoms with Crippen molar-refractivity contribution in [3.63, 3.8) is 0 Å². The van der Waals surface area contributed by atoms with E-state index in [1.807, 2.05) is 0 Å². The standard InChI is InChI=1S/C19H32ClP/c1-4-7-12-17-13-10-11-14-18(17)19(21-20,15-8-5-2)16-9-6-3/h10-11,13-14,21H,4-9,12,15-16H2,1-3H3. The highest BCUT2D eigenvalue weighted by molar-refractivity contribution is 7.69. The molecule has 1 aromatic rings. The molecule has 0 aliphatic rings. The van der Waals surface area contributed by atoms with Crippen LogP contribution in [0.15, 0.2) is 24.3 Å². The molecule has 0 amide bonds. The van der Waals surface area contributed by atoms with Crippen molar-refractivity contribution in [2.45, 2.75) is 83.7 Å². The summed E-state index contributed by atoms with van der Waals surface area (Å²) in [6, 6.07) is 9.07. The Morgan fingerprint density at radius 3 is 2.00 bits per heavy atom. The first kappa shape index (κ1) is 19.0. The SMILES string of the molecule is CCCCc1ccccc1C(CCCC)(CCCC)PCl. The molecule has 0 saturated heterocycles. The van der Waals surface area contributed by atoms with Crippen LogP contribution in [0.3, 0.4) is 0 Å². The number of hydrogen-bond donors (Lipinski definition) is 0. The summed E-state index contributed by atoms with van der Waals surface area (Å²) < 4.78 is 0. The summed E-state index contributed by atoms with van der Waals surface area (Å²) in [5.41, 5.74) is 3.09. The monoisotopic (exact) mass is 326 g/mol. The Bertz CT molecular complexity index is 381. The molecule has 1 unspecified atom stereocenters. The minimum Gasteiger partial charge on any atom is -0.0991 e. The van der Waals surface area contributed by atoms with Gasteiger partial charge in [-0.05, 0) is 44.7 Å². The lowest BCUT2D eigenvalue weighted by molar-refractivity contribution is 0.475. The maximum Gasteiger partial charge on any atom is 0.0268 e. The van der Waals surface area contributed by atoms with Gasteiger partial charge < -0.3 is 0 Å². The molecule has 0 radical (unpaired) electrons. The van der Waals surface area contributed by atoms with E-state index in [1.54, 1.807) is 11.1 Å². The first-order valence-electron chi connectivity index (χ1n) is 8.70. The van der Waals surface area contributed by atoms with Crippen molar-refractivity contribution in [2.75, 3.05) is 0 Å². The van der Waals surface area contributed by atoms with E-state index in [4.69, 9.17) is 11.2 Å². The third-order valence-electron chi connectivity index (χ3n) is 4.43. The van der Waals surface area contributed by atoms with Gasteiger partial charge in [-0.2, -0.15) is 0 Å². The lowest BCUT2D eigenvalue weighted by Gasteiger charge is -2.34. The van der Waals surface area contributed by atoms with E-state index >= 15 is 0 Å². The second-order valence-corrected chi connectivity index (χ2v) is 7.86. The number of hydrogen-bond acceptors (Lipinski definition) is 0. The molecule has 1 atom stereocenters. The molecule has 1 rings (SSSR count). The van der Waals surface area contributed by atoms with E-state index in [0.29, 0.717) is 7.93 Å². The number of halogens is 1. The summed E-state index contributed by atoms with van der Waals surface area (Å²) in [4.78, 5) is 0. The van der Waals surface area contributed by atoms with Crippen LogP contribution in [0, 0.1) is 0 Å². The summed E-state index contributed by atoms with van der Waals surface area (Å²) in [7, 11) is 0.490. The van der Waals surface area contributed by atoms with Crippen molar-refractivity contribution in [1.82, 2.24) is 0 Å². The fourth-order valence-electron chi connectivity index (χ4n) is 3.07. The summed E-state index contributed by atoms with van der Waals surface area (Å²) in [5, 5.41) is 0.220. The molecule has 0 aliphatic carbocycles. The van der Waals surface area contributed by atoms with E-state index in [0.717, 1.165) is 0 Å². The highest BCUT2D eigenvalue weighted by Crippen LogP contribution is 2.53. The number of rotatable bonds is 11. The minimum atomic E-state index is 0.220. The maximum atomic E-state index is 6.56. The molecule has 0 bridgehead atoms. The zero-order valence-electron chi connectivity index (χ0n) is 14.1. The van der Waals surface area contributed by atoms with Crippen LogP contribution in [0.25, 0.3) is 0 Å². The van der Waals surface area contributed by atoms with Gasteiger partial charge >= 0.3 is 0 Å². The lowest BCUT2D eigenvalue weighted by Crippen LogP contribution is -2.21. The van der Waals surface area contributed by atoms with Crippen LogP contribution in [0.4, 0.5) is 0 Å². The van der Waals surface area contributed by atoms with E-state index in [2.05, 4.69) is 45.0 Å². The summed E-state index contributed by atoms with van der Waals surface area (Å²) in [5.74, 6) is 0. The van der Waals surface area contributed by atoms with Gasteiger partial charge in [-0.25, -0.2) is 0 Å². The van der Waals surface area contributed by atoms with Crippen molar-refractivity contribution < 1.29 is 0 Å². The first-order chi connectivity index (χ1) is 10.2. The van der Waals surface area contributed by atoms with Crippen molar-refractivity contribution in [3.05, 3.63) is 35.4 Å². The highest BCUT2D eigenvalue weighted by atomic mass is 35.7. The van der Waals surface area contributed by atoms with Crippen LogP contribution in [0.1, 0.15) is 83.3 Å². The zero-order chi connectivity index (χ0) is 15.6. The van der Waals surface area contributed by atoms with Gasteiger partial charge in [0.05, 0.1) is 0 Å². The number of benzene rings is 1. The van der Waals surface area contributed by atoms with Gasteiger partial charge in [0.1, 0.15) is 0 Å². The predicted molar refractivity (Wildman–Crippen MR) is 100.0 cm³/mol. The topological polar surface area (TPSA) is 0 Å². The van der Waals surface area contributed by atoms with Gasteiger partial charge in [0, 0.05) is 5.16 Å². The molecule has 0 saturated carbocycles. The molecule has 21 heavy (non-hydrogen) atoms. The van der Waals surface area contributed by atoms with Crippen LogP contribution in [0.5, 0.6) is 0 Å². The Morgan fingerprint density at radius 1 is 0.905 bits per heavy atom. The lowest BCUT2D eigenvalue weighted by atomic mass is 9.84. The molecule has 0 nitrogen and oxygen atoms in total. The normalized spacial score (nSPS) is 12.4. The van der Waals surface area contributed by atoms with Crippen molar-refractivity contribution in [1.29, 1.82) is 0 Å². The molecular formula is C19H32ClP. The third-order valence-corrected chi connectivity index (χ3v) is 6.64. The number of aryl methyl sites for hydroxylation is 1.